The smallest absolute Gasteiger partial charge is 0.326 e. The van der Waals surface area contributed by atoms with Crippen molar-refractivity contribution in [2.24, 2.45) is 0 Å². The van der Waals surface area contributed by atoms with Crippen molar-refractivity contribution in [1.82, 2.24) is 15.6 Å². The molecular weight excluding hydrogens is 274 g/mol. The molecule has 0 bridgehead atoms. The number of thiazole rings is 1. The zero-order valence-corrected chi connectivity index (χ0v) is 10.6. The number of aromatic nitrogens is 1. The molecular formula is C10H13N3O5S. The first kappa shape index (κ1) is 14.9. The highest BCUT2D eigenvalue weighted by Gasteiger charge is 2.22. The van der Waals surface area contributed by atoms with E-state index in [-0.39, 0.29) is 0 Å². The molecule has 0 aliphatic rings. The molecule has 0 saturated heterocycles. The van der Waals surface area contributed by atoms with Gasteiger partial charge in [-0.3, -0.25) is 4.79 Å². The molecule has 0 fully saturated rings. The highest BCUT2D eigenvalue weighted by molar-refractivity contribution is 7.09. The molecule has 0 aliphatic heterocycles. The van der Waals surface area contributed by atoms with Crippen molar-refractivity contribution in [3.05, 3.63) is 16.6 Å². The minimum Gasteiger partial charge on any atom is -0.481 e. The number of nitrogens with zero attached hydrogens (tertiary/aromatic N) is 1. The van der Waals surface area contributed by atoms with Crippen LogP contribution in [0.5, 0.6) is 0 Å². The zero-order valence-electron chi connectivity index (χ0n) is 9.83. The topological polar surface area (TPSA) is 129 Å². The summed E-state index contributed by atoms with van der Waals surface area (Å²) in [6.45, 7) is 0.290. The third-order valence-corrected chi connectivity index (χ3v) is 2.93. The third-order valence-electron chi connectivity index (χ3n) is 2.09. The van der Waals surface area contributed by atoms with Gasteiger partial charge in [0.05, 0.1) is 11.4 Å². The van der Waals surface area contributed by atoms with Gasteiger partial charge in [-0.25, -0.2) is 14.6 Å². The Morgan fingerprint density at radius 3 is 2.63 bits per heavy atom. The fourth-order valence-electron chi connectivity index (χ4n) is 1.24. The first-order valence-corrected chi connectivity index (χ1v) is 6.24. The van der Waals surface area contributed by atoms with Gasteiger partial charge in [0.1, 0.15) is 6.04 Å². The number of hydrogen-bond donors (Lipinski definition) is 4. The van der Waals surface area contributed by atoms with Crippen molar-refractivity contribution >= 4 is 29.3 Å². The monoisotopic (exact) mass is 287 g/mol. The van der Waals surface area contributed by atoms with E-state index in [0.717, 1.165) is 5.01 Å². The number of amides is 2. The summed E-state index contributed by atoms with van der Waals surface area (Å²) in [6, 6.07) is -2.16. The van der Waals surface area contributed by atoms with Crippen LogP contribution in [0.15, 0.2) is 11.6 Å². The van der Waals surface area contributed by atoms with Crippen molar-refractivity contribution < 1.29 is 24.6 Å². The molecule has 0 spiro atoms. The number of hydrogen-bond acceptors (Lipinski definition) is 5. The molecule has 0 aromatic carbocycles. The molecule has 8 nitrogen and oxygen atoms in total. The maximum Gasteiger partial charge on any atom is 0.326 e. The molecule has 1 aromatic rings. The second kappa shape index (κ2) is 7.31. The molecule has 19 heavy (non-hydrogen) atoms. The maximum absolute atomic E-state index is 11.4. The van der Waals surface area contributed by atoms with E-state index in [9.17, 15) is 14.4 Å². The average Bonchev–Trinajstić information content (AvgIpc) is 2.80. The van der Waals surface area contributed by atoms with Gasteiger partial charge in [-0.1, -0.05) is 0 Å². The first-order chi connectivity index (χ1) is 8.99. The van der Waals surface area contributed by atoms with Crippen LogP contribution in [0, 0.1) is 0 Å². The molecule has 0 unspecified atom stereocenters. The molecule has 9 heteroatoms. The Hall–Kier alpha value is -2.16. The summed E-state index contributed by atoms with van der Waals surface area (Å²) in [4.78, 5) is 36.5. The van der Waals surface area contributed by atoms with Gasteiger partial charge in [0.15, 0.2) is 0 Å². The van der Waals surface area contributed by atoms with Crippen LogP contribution in [-0.4, -0.2) is 45.8 Å². The number of carboxylic acid groups (broad SMARTS) is 2. The fraction of sp³-hybridized carbons (Fsp3) is 0.400. The molecule has 0 radical (unpaired) electrons. The highest BCUT2D eigenvalue weighted by Crippen LogP contribution is 2.03. The van der Waals surface area contributed by atoms with Gasteiger partial charge in [-0.2, -0.15) is 0 Å². The molecule has 0 saturated carbocycles. The summed E-state index contributed by atoms with van der Waals surface area (Å²) in [7, 11) is 0. The predicted molar refractivity (Wildman–Crippen MR) is 66.0 cm³/mol. The Labute approximate surface area is 112 Å². The van der Waals surface area contributed by atoms with Crippen molar-refractivity contribution in [3.63, 3.8) is 0 Å². The third kappa shape index (κ3) is 5.82. The van der Waals surface area contributed by atoms with Crippen LogP contribution in [0.25, 0.3) is 0 Å². The van der Waals surface area contributed by atoms with Crippen molar-refractivity contribution in [2.45, 2.75) is 18.9 Å². The number of nitrogens with one attached hydrogen (secondary N) is 2. The zero-order chi connectivity index (χ0) is 14.3. The SMILES string of the molecule is O=C(O)C[C@@H](NC(=O)NCCc1nccs1)C(=O)O. The van der Waals surface area contributed by atoms with Crippen LogP contribution in [0.1, 0.15) is 11.4 Å². The van der Waals surface area contributed by atoms with Crippen molar-refractivity contribution in [2.75, 3.05) is 6.54 Å². The number of rotatable bonds is 7. The summed E-state index contributed by atoms with van der Waals surface area (Å²) in [5.74, 6) is -2.69. The minimum absolute atomic E-state index is 0.290. The Morgan fingerprint density at radius 2 is 2.11 bits per heavy atom. The standard InChI is InChI=1S/C10H13N3O5S/c14-8(15)5-6(9(16)17)13-10(18)12-2-1-7-11-3-4-19-7/h3-4,6H,1-2,5H2,(H,14,15)(H,16,17)(H2,12,13,18)/t6-/m1/s1. The van der Waals surface area contributed by atoms with Crippen LogP contribution >= 0.6 is 11.3 Å². The summed E-state index contributed by atoms with van der Waals surface area (Å²) >= 11 is 1.45. The van der Waals surface area contributed by atoms with E-state index in [1.54, 1.807) is 6.20 Å². The Bertz CT molecular complexity index is 448. The molecule has 1 atom stereocenters. The largest absolute Gasteiger partial charge is 0.481 e. The van der Waals surface area contributed by atoms with Crippen LogP contribution < -0.4 is 10.6 Å². The van der Waals surface area contributed by atoms with E-state index in [1.807, 2.05) is 5.38 Å². The lowest BCUT2D eigenvalue weighted by molar-refractivity contribution is -0.145. The van der Waals surface area contributed by atoms with Crippen LogP contribution in [0.4, 0.5) is 4.79 Å². The normalized spacial score (nSPS) is 11.6. The summed E-state index contributed by atoms with van der Waals surface area (Å²) in [5.41, 5.74) is 0. The Morgan fingerprint density at radius 1 is 1.37 bits per heavy atom. The van der Waals surface area contributed by atoms with E-state index >= 15 is 0 Å². The number of carboxylic acids is 2. The quantitative estimate of drug-likeness (QED) is 0.555. The second-order valence-corrected chi connectivity index (χ2v) is 4.54. The molecule has 2 amide bonds. The van der Waals surface area contributed by atoms with E-state index in [1.165, 1.54) is 11.3 Å². The average molecular weight is 287 g/mol. The van der Waals surface area contributed by atoms with E-state index < -0.39 is 30.4 Å². The maximum atomic E-state index is 11.4. The van der Waals surface area contributed by atoms with Crippen LogP contribution in [0.2, 0.25) is 0 Å². The highest BCUT2D eigenvalue weighted by atomic mass is 32.1. The second-order valence-electron chi connectivity index (χ2n) is 3.56. The Balaban J connectivity index is 2.32. The lowest BCUT2D eigenvalue weighted by atomic mass is 10.2. The van der Waals surface area contributed by atoms with Gasteiger partial charge < -0.3 is 20.8 Å². The summed E-state index contributed by atoms with van der Waals surface area (Å²) in [6.07, 6.45) is 1.50. The van der Waals surface area contributed by atoms with Gasteiger partial charge in [0.25, 0.3) is 0 Å². The fourth-order valence-corrected chi connectivity index (χ4v) is 1.86. The van der Waals surface area contributed by atoms with Gasteiger partial charge in [0.2, 0.25) is 0 Å². The molecule has 4 N–H and O–H groups in total. The predicted octanol–water partition coefficient (Wildman–Crippen LogP) is -0.0873. The number of carbonyl (C=O) groups excluding carboxylic acids is 1. The number of aliphatic carboxylic acids is 2. The lowest BCUT2D eigenvalue weighted by Gasteiger charge is -2.12. The first-order valence-electron chi connectivity index (χ1n) is 5.36. The molecule has 104 valence electrons. The van der Waals surface area contributed by atoms with Gasteiger partial charge in [-0.05, 0) is 0 Å². The van der Waals surface area contributed by atoms with Gasteiger partial charge in [0, 0.05) is 24.5 Å². The summed E-state index contributed by atoms with van der Waals surface area (Å²) < 4.78 is 0. The number of carbonyl (C=O) groups is 3. The summed E-state index contributed by atoms with van der Waals surface area (Å²) in [5, 5.41) is 24.4. The molecule has 1 rings (SSSR count). The lowest BCUT2D eigenvalue weighted by Crippen LogP contribution is -2.47. The molecule has 0 aliphatic carbocycles. The van der Waals surface area contributed by atoms with Gasteiger partial charge >= 0.3 is 18.0 Å². The van der Waals surface area contributed by atoms with E-state index in [2.05, 4.69) is 15.6 Å². The molecule has 1 heterocycles. The van der Waals surface area contributed by atoms with Crippen molar-refractivity contribution in [3.8, 4) is 0 Å². The minimum atomic E-state index is -1.45. The van der Waals surface area contributed by atoms with Crippen LogP contribution in [0.3, 0.4) is 0 Å². The van der Waals surface area contributed by atoms with Crippen LogP contribution in [-0.2, 0) is 16.0 Å². The van der Waals surface area contributed by atoms with E-state index in [0.29, 0.717) is 13.0 Å². The van der Waals surface area contributed by atoms with Gasteiger partial charge in [-0.15, -0.1) is 11.3 Å². The Kier molecular flexibility index (Phi) is 5.73. The number of urea groups is 1. The molecule has 1 aromatic heterocycles. The van der Waals surface area contributed by atoms with Crippen molar-refractivity contribution in [1.29, 1.82) is 0 Å². The van der Waals surface area contributed by atoms with E-state index in [4.69, 9.17) is 10.2 Å².